The molecular formula is C89H109BBrCl2N5O12. The number of halogens is 3. The number of aromatic hydroxyl groups is 1. The van der Waals surface area contributed by atoms with Crippen molar-refractivity contribution in [1.29, 1.82) is 0 Å². The minimum absolute atomic E-state index is 0. The molecule has 0 unspecified atom stereocenters. The summed E-state index contributed by atoms with van der Waals surface area (Å²) in [7, 11) is -1.36. The second-order valence-corrected chi connectivity index (χ2v) is 28.6. The third kappa shape index (κ3) is 31.4. The number of carbonyl (C=O) groups is 3. The minimum Gasteiger partial charge on any atom is -1.00 e. The molecule has 0 saturated heterocycles. The summed E-state index contributed by atoms with van der Waals surface area (Å²) in [5.74, 6) is 0.549. The van der Waals surface area contributed by atoms with Gasteiger partial charge in [-0.15, -0.1) is 11.6 Å². The van der Waals surface area contributed by atoms with Crippen LogP contribution < -0.4 is 39.9 Å². The molecule has 1 atom stereocenters. The molecule has 0 bridgehead atoms. The summed E-state index contributed by atoms with van der Waals surface area (Å²) >= 11 is 9.31. The number of H-pyrrole nitrogens is 1. The summed E-state index contributed by atoms with van der Waals surface area (Å²) in [6, 6.07) is 70.0. The molecule has 21 heteroatoms. The van der Waals surface area contributed by atoms with Crippen LogP contribution in [0.15, 0.2) is 245 Å². The topological polar surface area (TPSA) is 292 Å². The predicted molar refractivity (Wildman–Crippen MR) is 446 cm³/mol. The molecule has 10 aromatic rings. The van der Waals surface area contributed by atoms with E-state index in [0.717, 1.165) is 49.8 Å². The van der Waals surface area contributed by atoms with Crippen molar-refractivity contribution < 1.29 is 71.7 Å². The first-order chi connectivity index (χ1) is 51.9. The molecule has 0 aliphatic heterocycles. The second-order valence-electron chi connectivity index (χ2n) is 27.5. The van der Waals surface area contributed by atoms with Gasteiger partial charge in [0.1, 0.15) is 17.2 Å². The fourth-order valence-corrected chi connectivity index (χ4v) is 11.9. The summed E-state index contributed by atoms with van der Waals surface area (Å²) in [4.78, 5) is 52.7. The summed E-state index contributed by atoms with van der Waals surface area (Å²) in [5.41, 5.74) is 26.8. The zero-order valence-corrected chi connectivity index (χ0v) is 68.5. The number of carboxylic acid groups (broad SMARTS) is 1. The van der Waals surface area contributed by atoms with E-state index in [1.165, 1.54) is 61.8 Å². The Morgan fingerprint density at radius 1 is 0.582 bits per heavy atom. The van der Waals surface area contributed by atoms with Gasteiger partial charge in [-0.25, -0.2) is 9.59 Å². The van der Waals surface area contributed by atoms with Crippen LogP contribution in [0.3, 0.4) is 0 Å². The van der Waals surface area contributed by atoms with E-state index in [0.29, 0.717) is 67.0 Å². The van der Waals surface area contributed by atoms with Crippen molar-refractivity contribution in [3.05, 3.63) is 301 Å². The molecule has 0 spiro atoms. The van der Waals surface area contributed by atoms with E-state index in [1.54, 1.807) is 44.3 Å². The monoisotopic (exact) mass is 1600 g/mol. The number of aromatic carboxylic acids is 1. The third-order valence-corrected chi connectivity index (χ3v) is 17.7. The summed E-state index contributed by atoms with van der Waals surface area (Å²) < 4.78 is 12.3. The van der Waals surface area contributed by atoms with E-state index in [-0.39, 0.29) is 48.6 Å². The molecule has 11 N–H and O–H groups in total. The molecule has 0 fully saturated rings. The first kappa shape index (κ1) is 94.7. The van der Waals surface area contributed by atoms with Crippen molar-refractivity contribution in [3.63, 3.8) is 0 Å². The van der Waals surface area contributed by atoms with E-state index in [4.69, 9.17) is 48.1 Å². The molecule has 10 rings (SSSR count). The number of aromatic nitrogens is 2. The van der Waals surface area contributed by atoms with Gasteiger partial charge in [0, 0.05) is 29.2 Å². The summed E-state index contributed by atoms with van der Waals surface area (Å²) in [5, 5.41) is 54.4. The van der Waals surface area contributed by atoms with E-state index >= 15 is 0 Å². The minimum atomic E-state index is -1.36. The van der Waals surface area contributed by atoms with Crippen molar-refractivity contribution in [3.8, 4) is 39.3 Å². The first-order valence-corrected chi connectivity index (χ1v) is 37.8. The number of pyridine rings is 2. The number of amidine groups is 1. The van der Waals surface area contributed by atoms with E-state index in [1.807, 2.05) is 132 Å². The molecule has 17 nitrogen and oxygen atoms in total. The molecule has 2 heterocycles. The van der Waals surface area contributed by atoms with Crippen LogP contribution in [0.25, 0.3) is 33.4 Å². The number of ether oxygens (including phenoxy) is 2. The van der Waals surface area contributed by atoms with Gasteiger partial charge in [-0.2, -0.15) is 4.98 Å². The van der Waals surface area contributed by atoms with Crippen molar-refractivity contribution in [1.82, 2.24) is 4.57 Å². The number of hydrogen-bond acceptors (Lipinski definition) is 13. The number of alkyl halides is 1. The highest BCUT2D eigenvalue weighted by Crippen LogP contribution is 2.35. The maximum atomic E-state index is 12.4. The molecule has 0 saturated carbocycles. The Morgan fingerprint density at radius 2 is 0.991 bits per heavy atom. The lowest BCUT2D eigenvalue weighted by atomic mass is 9.74. The number of aliphatic hydroxyl groups is 2. The Balaban J connectivity index is 0.000000340. The van der Waals surface area contributed by atoms with Crippen LogP contribution in [0, 0.1) is 0 Å². The zero-order chi connectivity index (χ0) is 80.8. The summed E-state index contributed by atoms with van der Waals surface area (Å²) in [6.45, 7) is 27.5. The Morgan fingerprint density at radius 3 is 1.40 bits per heavy atom. The lowest BCUT2D eigenvalue weighted by Crippen LogP contribution is -3.00. The third-order valence-electron chi connectivity index (χ3n) is 16.7. The molecule has 0 aliphatic carbocycles. The highest BCUT2D eigenvalue weighted by Gasteiger charge is 2.23. The van der Waals surface area contributed by atoms with E-state index in [2.05, 4.69) is 157 Å². The number of benzene rings is 8. The molecule has 0 amide bonds. The van der Waals surface area contributed by atoms with Crippen LogP contribution in [-0.2, 0) is 39.9 Å². The Labute approximate surface area is 669 Å². The fraction of sp³-hybridized carbons (Fsp3) is 0.303. The number of hydrogen-bond donors (Lipinski definition) is 8. The Kier molecular flexibility index (Phi) is 42.7. The number of nitrogens with one attached hydrogen (secondary N) is 1. The van der Waals surface area contributed by atoms with Crippen molar-refractivity contribution >= 4 is 63.9 Å². The van der Waals surface area contributed by atoms with Crippen LogP contribution in [0.2, 0.25) is 0 Å². The predicted octanol–water partition coefficient (Wildman–Crippen LogP) is 14.2. The van der Waals surface area contributed by atoms with Gasteiger partial charge in [0.2, 0.25) is 0 Å². The molecular weight excluding hydrogens is 1490 g/mol. The average Bonchev–Trinajstić information content (AvgIpc) is 0.795. The highest BCUT2D eigenvalue weighted by atomic mass is 79.9. The van der Waals surface area contributed by atoms with Crippen molar-refractivity contribution in [2.24, 2.45) is 16.5 Å². The SMILES string of the molecule is CC(C)c1ccccc1-c1ccccc1CCl.CC(C)c1ccccc1-c1ccccc1CO.CC(C)c1ccccc1-c1ccccc1Cn1cccc(C(=O)O)c1=O.CC(C)c1ccccc1B(O)O.CC(N)=NCCC[C@H](N)C(=O)OC(C)(C)C.CCOC(=O)c1ccc[nH+]c1O.OCc1ccccc1Br.[Cl-]. The lowest BCUT2D eigenvalue weighted by Gasteiger charge is -2.22. The van der Waals surface area contributed by atoms with Crippen LogP contribution >= 0.6 is 27.5 Å². The zero-order valence-electron chi connectivity index (χ0n) is 65.4. The average molecular weight is 1600 g/mol. The molecule has 0 radical (unpaired) electrons. The molecule has 586 valence electrons. The van der Waals surface area contributed by atoms with Gasteiger partial charge in [0.05, 0.1) is 32.2 Å². The number of carbonyl (C=O) groups excluding carboxylic acids is 2. The quantitative estimate of drug-likeness (QED) is 0.00829. The fourth-order valence-electron chi connectivity index (χ4n) is 11.2. The number of rotatable bonds is 21. The Bertz CT molecular complexity index is 4420. The second kappa shape index (κ2) is 49.6. The van der Waals surface area contributed by atoms with Crippen LogP contribution in [0.1, 0.15) is 192 Å². The van der Waals surface area contributed by atoms with E-state index < -0.39 is 36.3 Å². The van der Waals surface area contributed by atoms with Crippen LogP contribution in [0.4, 0.5) is 0 Å². The number of nitrogens with zero attached hydrogens (tertiary/aromatic N) is 2. The first-order valence-electron chi connectivity index (χ1n) is 36.4. The van der Waals surface area contributed by atoms with Gasteiger partial charge < -0.3 is 68.4 Å². The van der Waals surface area contributed by atoms with Gasteiger partial charge in [-0.3, -0.25) is 14.6 Å². The number of esters is 2. The number of aromatic amines is 1. The Hall–Kier alpha value is -9.54. The number of aliphatic hydroxyl groups excluding tert-OH is 2. The normalized spacial score (nSPS) is 11.0. The largest absolute Gasteiger partial charge is 1.00 e. The highest BCUT2D eigenvalue weighted by molar-refractivity contribution is 9.10. The standard InChI is InChI=1S/C22H21NO3.C16H17Cl.C16H18O.C11H23N3O2.C9H13BO2.C8H9NO3.C7H7BrO.ClH/c1-15(2)17-9-5-6-11-19(17)18-10-4-3-8-16(18)14-23-13-7-12-20(21(23)24)22(25)26;2*1-12(2)14-8-5-6-10-16(14)15-9-4-3-7-13(15)11-17;1-8(12)14-7-5-6-9(13)10(15)16-11(2,3)4;1-7(2)8-5-3-4-6-9(8)10(11)12;1-2-12-8(11)6-4-3-5-9-7(6)10;8-7-4-2-1-3-6(7)5-9;/h3-13,15H,14H2,1-2H3,(H,25,26);3-10,12H,11H2,1-2H3;3-10,12,17H,11H2,1-2H3;9H,5-7,13H2,1-4H3,(H2,12,14);3-7,11-12H,1-2H3;3-5H,2H2,1H3,(H,9,10);1-4,9H,5H2;1H/t;;;9-;;;;/m...0..../s1. The molecule has 0 aliphatic rings. The van der Waals surface area contributed by atoms with Crippen molar-refractivity contribution in [2.75, 3.05) is 13.2 Å². The van der Waals surface area contributed by atoms with Gasteiger partial charge in [0.25, 0.3) is 5.56 Å². The maximum absolute atomic E-state index is 12.4. The molecule has 8 aromatic carbocycles. The van der Waals surface area contributed by atoms with Gasteiger partial charge in [0.15, 0.2) is 11.8 Å². The number of aliphatic imine (C=N–C) groups is 1. The molecule has 2 aromatic heterocycles. The van der Waals surface area contributed by atoms with Gasteiger partial charge in [-0.05, 0) is 179 Å². The van der Waals surface area contributed by atoms with Gasteiger partial charge >= 0.3 is 30.9 Å². The smallest absolute Gasteiger partial charge is 0.488 e. The lowest BCUT2D eigenvalue weighted by molar-refractivity contribution is -0.394. The molecule has 110 heavy (non-hydrogen) atoms. The number of nitrogens with two attached hydrogens (primary N) is 2. The number of carboxylic acids is 1. The van der Waals surface area contributed by atoms with E-state index in [9.17, 15) is 29.4 Å². The van der Waals surface area contributed by atoms with Crippen LogP contribution in [-0.4, -0.2) is 90.7 Å². The van der Waals surface area contributed by atoms with Gasteiger partial charge in [-0.1, -0.05) is 259 Å². The summed E-state index contributed by atoms with van der Waals surface area (Å²) in [6.07, 6.45) is 4.44. The van der Waals surface area contributed by atoms with Crippen LogP contribution in [0.5, 0.6) is 5.88 Å². The van der Waals surface area contributed by atoms with Crippen molar-refractivity contribution in [2.45, 2.75) is 164 Å². The maximum Gasteiger partial charge on any atom is 0.488 e.